The van der Waals surface area contributed by atoms with Crippen molar-refractivity contribution in [2.45, 2.75) is 46.1 Å². The first-order valence-electron chi connectivity index (χ1n) is 8.49. The second kappa shape index (κ2) is 8.55. The predicted octanol–water partition coefficient (Wildman–Crippen LogP) is 3.42. The van der Waals surface area contributed by atoms with Gasteiger partial charge in [0.15, 0.2) is 5.96 Å². The van der Waals surface area contributed by atoms with Gasteiger partial charge in [-0.15, -0.1) is 0 Å². The van der Waals surface area contributed by atoms with E-state index in [1.54, 1.807) is 12.5 Å². The number of rotatable bonds is 7. The normalized spacial score (nSPS) is 12.2. The molecule has 0 atom stereocenters. The second-order valence-electron chi connectivity index (χ2n) is 7.10. The Balaban J connectivity index is 1.94. The molecule has 0 fully saturated rings. The van der Waals surface area contributed by atoms with Crippen LogP contribution in [0.25, 0.3) is 0 Å². The molecule has 6 nitrogen and oxygen atoms in total. The minimum atomic E-state index is -0.0582. The van der Waals surface area contributed by atoms with Crippen molar-refractivity contribution in [1.29, 1.82) is 0 Å². The highest BCUT2D eigenvalue weighted by Crippen LogP contribution is 2.22. The van der Waals surface area contributed by atoms with Crippen molar-refractivity contribution in [3.8, 4) is 0 Å². The largest absolute Gasteiger partial charge is 0.469 e. The van der Waals surface area contributed by atoms with E-state index in [-0.39, 0.29) is 5.41 Å². The highest BCUT2D eigenvalue weighted by Gasteiger charge is 2.19. The third kappa shape index (κ3) is 6.49. The van der Waals surface area contributed by atoms with E-state index in [0.29, 0.717) is 31.5 Å². The van der Waals surface area contributed by atoms with Crippen molar-refractivity contribution in [3.05, 3.63) is 54.2 Å². The Labute approximate surface area is 149 Å². The van der Waals surface area contributed by atoms with E-state index in [4.69, 9.17) is 8.83 Å². The van der Waals surface area contributed by atoms with Crippen LogP contribution in [0.4, 0.5) is 0 Å². The molecule has 2 aromatic rings. The lowest BCUT2D eigenvalue weighted by molar-refractivity contribution is 0.383. The van der Waals surface area contributed by atoms with E-state index >= 15 is 0 Å². The quantitative estimate of drug-likeness (QED) is 0.457. The summed E-state index contributed by atoms with van der Waals surface area (Å²) < 4.78 is 11.1. The molecule has 0 aromatic carbocycles. The van der Waals surface area contributed by atoms with Gasteiger partial charge in [-0.3, -0.25) is 0 Å². The smallest absolute Gasteiger partial charge is 0.216 e. The number of nitrogens with zero attached hydrogens (tertiary/aromatic N) is 2. The van der Waals surface area contributed by atoms with Crippen LogP contribution in [0.5, 0.6) is 0 Å². The van der Waals surface area contributed by atoms with Crippen LogP contribution in [-0.4, -0.2) is 24.0 Å². The van der Waals surface area contributed by atoms with Crippen molar-refractivity contribution >= 4 is 5.96 Å². The Hall–Kier alpha value is -2.50. The van der Waals surface area contributed by atoms with Gasteiger partial charge < -0.3 is 19.5 Å². The summed E-state index contributed by atoms with van der Waals surface area (Å²) in [4.78, 5) is 8.86. The summed E-state index contributed by atoms with van der Waals surface area (Å²) in [5, 5.41) is 6.53. The Bertz CT molecular complexity index is 693. The number of guanidine groups is 1. The van der Waals surface area contributed by atoms with Crippen LogP contribution in [0.1, 0.15) is 45.1 Å². The molecule has 0 aliphatic heterocycles. The molecule has 0 aliphatic carbocycles. The van der Waals surface area contributed by atoms with Gasteiger partial charge in [-0.25, -0.2) is 9.98 Å². The maximum atomic E-state index is 5.78. The van der Waals surface area contributed by atoms with Gasteiger partial charge in [-0.1, -0.05) is 32.9 Å². The summed E-state index contributed by atoms with van der Waals surface area (Å²) in [6.07, 6.45) is 4.24. The number of nitrogens with one attached hydrogen (secondary N) is 2. The Morgan fingerprint density at radius 1 is 1.32 bits per heavy atom. The molecule has 2 heterocycles. The van der Waals surface area contributed by atoms with Crippen molar-refractivity contribution in [3.63, 3.8) is 0 Å². The zero-order valence-electron chi connectivity index (χ0n) is 15.6. The van der Waals surface area contributed by atoms with Crippen LogP contribution in [0.3, 0.4) is 0 Å². The molecule has 0 radical (unpaired) electrons. The molecule has 0 unspecified atom stereocenters. The van der Waals surface area contributed by atoms with Crippen molar-refractivity contribution in [1.82, 2.24) is 15.6 Å². The minimum Gasteiger partial charge on any atom is -0.469 e. The molecule has 0 aliphatic rings. The summed E-state index contributed by atoms with van der Waals surface area (Å²) in [5.74, 6) is 3.10. The van der Waals surface area contributed by atoms with Crippen LogP contribution < -0.4 is 10.6 Å². The standard InChI is InChI=1S/C19H28N4O2/c1-14(2)11-22-18(20-9-8-15-7-6-10-24-15)23-13-17-21-12-16(25-17)19(3,4)5/h6-7,10,12H,1,8-9,11,13H2,2-5H3,(H2,20,22,23). The van der Waals surface area contributed by atoms with Gasteiger partial charge in [-0.05, 0) is 19.1 Å². The fraction of sp³-hybridized carbons (Fsp3) is 0.474. The van der Waals surface area contributed by atoms with Crippen molar-refractivity contribution in [2.75, 3.05) is 13.1 Å². The molecule has 0 saturated heterocycles. The van der Waals surface area contributed by atoms with Crippen LogP contribution in [-0.2, 0) is 18.4 Å². The zero-order valence-corrected chi connectivity index (χ0v) is 15.6. The number of hydrogen-bond acceptors (Lipinski definition) is 4. The summed E-state index contributed by atoms with van der Waals surface area (Å²) in [6, 6.07) is 3.85. The van der Waals surface area contributed by atoms with Gasteiger partial charge in [0, 0.05) is 24.9 Å². The number of aromatic nitrogens is 1. The van der Waals surface area contributed by atoms with E-state index in [0.717, 1.165) is 23.5 Å². The fourth-order valence-corrected chi connectivity index (χ4v) is 2.04. The maximum absolute atomic E-state index is 5.78. The molecule has 2 rings (SSSR count). The lowest BCUT2D eigenvalue weighted by Gasteiger charge is -2.13. The van der Waals surface area contributed by atoms with E-state index < -0.39 is 0 Å². The van der Waals surface area contributed by atoms with E-state index in [2.05, 4.69) is 48.0 Å². The first kappa shape index (κ1) is 18.8. The van der Waals surface area contributed by atoms with E-state index in [1.807, 2.05) is 19.1 Å². The molecule has 2 N–H and O–H groups in total. The molecular formula is C19H28N4O2. The third-order valence-electron chi connectivity index (χ3n) is 3.47. The molecule has 0 spiro atoms. The first-order chi connectivity index (χ1) is 11.8. The van der Waals surface area contributed by atoms with Crippen LogP contribution in [0.15, 0.2) is 50.6 Å². The minimum absolute atomic E-state index is 0.0582. The number of hydrogen-bond donors (Lipinski definition) is 2. The SMILES string of the molecule is C=C(C)CNC(=NCc1ncc(C(C)(C)C)o1)NCCc1ccco1. The maximum Gasteiger partial charge on any atom is 0.216 e. The monoisotopic (exact) mass is 344 g/mol. The number of furan rings is 1. The summed E-state index contributed by atoms with van der Waals surface area (Å²) in [5.41, 5.74) is 0.976. The Kier molecular flexibility index (Phi) is 6.44. The first-order valence-corrected chi connectivity index (χ1v) is 8.49. The molecule has 0 bridgehead atoms. The second-order valence-corrected chi connectivity index (χ2v) is 7.10. The lowest BCUT2D eigenvalue weighted by Crippen LogP contribution is -2.39. The average molecular weight is 344 g/mol. The topological polar surface area (TPSA) is 75.6 Å². The molecule has 6 heteroatoms. The number of aliphatic imine (C=N–C) groups is 1. The highest BCUT2D eigenvalue weighted by atomic mass is 16.4. The van der Waals surface area contributed by atoms with Crippen LogP contribution >= 0.6 is 0 Å². The average Bonchev–Trinajstić information content (AvgIpc) is 3.20. The molecule has 136 valence electrons. The van der Waals surface area contributed by atoms with Crippen molar-refractivity contribution in [2.24, 2.45) is 4.99 Å². The van der Waals surface area contributed by atoms with E-state index in [1.165, 1.54) is 0 Å². The van der Waals surface area contributed by atoms with Gasteiger partial charge in [-0.2, -0.15) is 0 Å². The fourth-order valence-electron chi connectivity index (χ4n) is 2.04. The van der Waals surface area contributed by atoms with Gasteiger partial charge in [0.2, 0.25) is 5.89 Å². The Morgan fingerprint density at radius 2 is 2.12 bits per heavy atom. The van der Waals surface area contributed by atoms with E-state index in [9.17, 15) is 0 Å². The number of oxazole rings is 1. The molecule has 0 saturated carbocycles. The molecule has 0 amide bonds. The van der Waals surface area contributed by atoms with Crippen molar-refractivity contribution < 1.29 is 8.83 Å². The molecular weight excluding hydrogens is 316 g/mol. The van der Waals surface area contributed by atoms with Gasteiger partial charge in [0.25, 0.3) is 0 Å². The highest BCUT2D eigenvalue weighted by molar-refractivity contribution is 5.79. The summed E-state index contributed by atoms with van der Waals surface area (Å²) in [7, 11) is 0. The molecule has 2 aromatic heterocycles. The zero-order chi connectivity index (χ0) is 18.3. The summed E-state index contributed by atoms with van der Waals surface area (Å²) >= 11 is 0. The summed E-state index contributed by atoms with van der Waals surface area (Å²) in [6.45, 7) is 13.9. The van der Waals surface area contributed by atoms with Gasteiger partial charge in [0.05, 0.1) is 12.5 Å². The van der Waals surface area contributed by atoms with Gasteiger partial charge in [0.1, 0.15) is 18.1 Å². The third-order valence-corrected chi connectivity index (χ3v) is 3.47. The Morgan fingerprint density at radius 3 is 2.72 bits per heavy atom. The van der Waals surface area contributed by atoms with Crippen LogP contribution in [0, 0.1) is 0 Å². The predicted molar refractivity (Wildman–Crippen MR) is 99.6 cm³/mol. The van der Waals surface area contributed by atoms with Crippen LogP contribution in [0.2, 0.25) is 0 Å². The lowest BCUT2D eigenvalue weighted by atomic mass is 9.94. The molecule has 25 heavy (non-hydrogen) atoms. The van der Waals surface area contributed by atoms with Gasteiger partial charge >= 0.3 is 0 Å².